The van der Waals surface area contributed by atoms with Crippen molar-refractivity contribution in [1.29, 1.82) is 0 Å². The van der Waals surface area contributed by atoms with Crippen LogP contribution in [-0.2, 0) is 0 Å². The van der Waals surface area contributed by atoms with E-state index in [1.807, 2.05) is 24.3 Å². The van der Waals surface area contributed by atoms with Crippen LogP contribution in [0.2, 0.25) is 0 Å². The van der Waals surface area contributed by atoms with Crippen LogP contribution in [0.25, 0.3) is 11.1 Å². The highest BCUT2D eigenvalue weighted by molar-refractivity contribution is 7.12. The molecule has 0 saturated carbocycles. The van der Waals surface area contributed by atoms with Crippen LogP contribution < -0.4 is 9.84 Å². The summed E-state index contributed by atoms with van der Waals surface area (Å²) in [5.74, 6) is -0.358. The minimum absolute atomic E-state index is 0.241. The molecule has 1 aromatic heterocycles. The summed E-state index contributed by atoms with van der Waals surface area (Å²) < 4.78 is 5.05. The fraction of sp³-hybridized carbons (Fsp3) is 0.0833. The largest absolute Gasteiger partial charge is 0.544 e. The summed E-state index contributed by atoms with van der Waals surface area (Å²) in [6, 6.07) is 9.07. The van der Waals surface area contributed by atoms with Gasteiger partial charge in [0.05, 0.1) is 18.0 Å². The lowest BCUT2D eigenvalue weighted by molar-refractivity contribution is -0.254. The molecule has 0 N–H and O–H groups in total. The summed E-state index contributed by atoms with van der Waals surface area (Å²) >= 11 is 1.17. The van der Waals surface area contributed by atoms with Crippen molar-refractivity contribution < 1.29 is 14.6 Å². The highest BCUT2D eigenvalue weighted by atomic mass is 32.1. The molecule has 0 fully saturated rings. The highest BCUT2D eigenvalue weighted by Crippen LogP contribution is 2.26. The third-order valence-corrected chi connectivity index (χ3v) is 3.13. The van der Waals surface area contributed by atoms with E-state index in [-0.39, 0.29) is 4.88 Å². The van der Waals surface area contributed by atoms with Crippen molar-refractivity contribution in [3.8, 4) is 16.9 Å². The van der Waals surface area contributed by atoms with Crippen LogP contribution in [0.15, 0.2) is 35.7 Å². The first-order valence-corrected chi connectivity index (χ1v) is 5.53. The molecule has 0 atom stereocenters. The summed E-state index contributed by atoms with van der Waals surface area (Å²) in [5.41, 5.74) is 1.84. The molecule has 0 aliphatic rings. The first-order chi connectivity index (χ1) is 7.70. The number of carbonyl (C=O) groups is 1. The minimum Gasteiger partial charge on any atom is -0.544 e. The molecule has 16 heavy (non-hydrogen) atoms. The summed E-state index contributed by atoms with van der Waals surface area (Å²) in [5, 5.41) is 12.4. The quantitative estimate of drug-likeness (QED) is 0.812. The second-order valence-electron chi connectivity index (χ2n) is 3.22. The monoisotopic (exact) mass is 233 g/mol. The second kappa shape index (κ2) is 4.37. The molecule has 82 valence electrons. The van der Waals surface area contributed by atoms with Gasteiger partial charge in [-0.25, -0.2) is 0 Å². The van der Waals surface area contributed by atoms with Crippen LogP contribution in [0.1, 0.15) is 9.67 Å². The standard InChI is InChI=1S/C12H10O3S/c1-15-10-4-2-8(3-5-10)9-6-11(12(13)14)16-7-9/h2-7H,1H3,(H,13,14)/p-1. The molecule has 0 radical (unpaired) electrons. The van der Waals surface area contributed by atoms with Crippen LogP contribution >= 0.6 is 11.3 Å². The number of ether oxygens (including phenoxy) is 1. The summed E-state index contributed by atoms with van der Waals surface area (Å²) in [6.07, 6.45) is 0. The lowest BCUT2D eigenvalue weighted by Crippen LogP contribution is -2.20. The van der Waals surface area contributed by atoms with E-state index in [0.717, 1.165) is 16.9 Å². The molecular weight excluding hydrogens is 224 g/mol. The number of carboxylic acid groups (broad SMARTS) is 1. The lowest BCUT2D eigenvalue weighted by atomic mass is 10.1. The number of benzene rings is 1. The first kappa shape index (κ1) is 10.7. The Hall–Kier alpha value is -1.81. The van der Waals surface area contributed by atoms with Crippen molar-refractivity contribution in [2.45, 2.75) is 0 Å². The molecule has 3 nitrogen and oxygen atoms in total. The van der Waals surface area contributed by atoms with Crippen molar-refractivity contribution in [2.24, 2.45) is 0 Å². The highest BCUT2D eigenvalue weighted by Gasteiger charge is 2.03. The number of hydrogen-bond acceptors (Lipinski definition) is 4. The molecule has 1 aromatic carbocycles. The van der Waals surface area contributed by atoms with Crippen LogP contribution in [0, 0.1) is 0 Å². The smallest absolute Gasteiger partial charge is 0.118 e. The molecule has 4 heteroatoms. The minimum atomic E-state index is -1.13. The Kier molecular flexibility index (Phi) is 2.92. The van der Waals surface area contributed by atoms with E-state index < -0.39 is 5.97 Å². The number of carbonyl (C=O) groups excluding carboxylic acids is 1. The van der Waals surface area contributed by atoms with Gasteiger partial charge < -0.3 is 14.6 Å². The number of aromatic carboxylic acids is 1. The van der Waals surface area contributed by atoms with E-state index in [2.05, 4.69) is 0 Å². The molecule has 2 aromatic rings. The Morgan fingerprint density at radius 3 is 2.44 bits per heavy atom. The zero-order valence-electron chi connectivity index (χ0n) is 8.60. The van der Waals surface area contributed by atoms with Crippen molar-refractivity contribution >= 4 is 17.3 Å². The Morgan fingerprint density at radius 2 is 1.94 bits per heavy atom. The van der Waals surface area contributed by atoms with Crippen LogP contribution in [0.3, 0.4) is 0 Å². The third kappa shape index (κ3) is 2.06. The average Bonchev–Trinajstić information content (AvgIpc) is 2.78. The second-order valence-corrected chi connectivity index (χ2v) is 4.13. The number of methoxy groups -OCH3 is 1. The normalized spacial score (nSPS) is 10.1. The fourth-order valence-corrected chi connectivity index (χ4v) is 2.13. The van der Waals surface area contributed by atoms with Crippen molar-refractivity contribution in [2.75, 3.05) is 7.11 Å². The lowest BCUT2D eigenvalue weighted by Gasteiger charge is -2.01. The molecule has 0 spiro atoms. The molecule has 1 heterocycles. The Balaban J connectivity index is 2.31. The number of hydrogen-bond donors (Lipinski definition) is 0. The van der Waals surface area contributed by atoms with Gasteiger partial charge in [0.1, 0.15) is 5.75 Å². The van der Waals surface area contributed by atoms with Crippen molar-refractivity contribution in [3.05, 3.63) is 40.6 Å². The maximum absolute atomic E-state index is 10.6. The van der Waals surface area contributed by atoms with E-state index in [1.165, 1.54) is 11.3 Å². The average molecular weight is 233 g/mol. The molecule has 0 amide bonds. The molecule has 2 rings (SSSR count). The van der Waals surface area contributed by atoms with E-state index in [4.69, 9.17) is 4.74 Å². The van der Waals surface area contributed by atoms with Gasteiger partial charge in [-0.15, -0.1) is 11.3 Å². The Bertz CT molecular complexity index is 499. The summed E-state index contributed by atoms with van der Waals surface area (Å²) in [4.78, 5) is 10.9. The van der Waals surface area contributed by atoms with Gasteiger partial charge in [0.15, 0.2) is 0 Å². The maximum atomic E-state index is 10.6. The van der Waals surface area contributed by atoms with Gasteiger partial charge in [-0.3, -0.25) is 0 Å². The molecule has 0 aliphatic heterocycles. The van der Waals surface area contributed by atoms with Gasteiger partial charge >= 0.3 is 0 Å². The van der Waals surface area contributed by atoms with Gasteiger partial charge in [0.2, 0.25) is 0 Å². The molecule has 0 bridgehead atoms. The SMILES string of the molecule is COc1ccc(-c2csc(C(=O)[O-])c2)cc1. The number of thiophene rings is 1. The predicted octanol–water partition coefficient (Wildman–Crippen LogP) is 1.79. The molecule has 0 unspecified atom stereocenters. The van der Waals surface area contributed by atoms with Gasteiger partial charge in [0, 0.05) is 0 Å². The summed E-state index contributed by atoms with van der Waals surface area (Å²) in [7, 11) is 1.60. The first-order valence-electron chi connectivity index (χ1n) is 4.65. The maximum Gasteiger partial charge on any atom is 0.118 e. The van der Waals surface area contributed by atoms with Gasteiger partial charge in [0.25, 0.3) is 0 Å². The van der Waals surface area contributed by atoms with Crippen molar-refractivity contribution in [1.82, 2.24) is 0 Å². The van der Waals surface area contributed by atoms with E-state index >= 15 is 0 Å². The van der Waals surface area contributed by atoms with Crippen LogP contribution in [0.5, 0.6) is 5.75 Å². The fourth-order valence-electron chi connectivity index (χ4n) is 1.38. The Labute approximate surface area is 96.9 Å². The summed E-state index contributed by atoms with van der Waals surface area (Å²) in [6.45, 7) is 0. The Morgan fingerprint density at radius 1 is 1.25 bits per heavy atom. The van der Waals surface area contributed by atoms with Crippen LogP contribution in [0.4, 0.5) is 0 Å². The van der Waals surface area contributed by atoms with Crippen LogP contribution in [-0.4, -0.2) is 13.1 Å². The third-order valence-electron chi connectivity index (χ3n) is 2.22. The topological polar surface area (TPSA) is 49.4 Å². The van der Waals surface area contributed by atoms with E-state index in [9.17, 15) is 9.90 Å². The predicted molar refractivity (Wildman–Crippen MR) is 60.6 cm³/mol. The van der Waals surface area contributed by atoms with E-state index in [1.54, 1.807) is 18.6 Å². The zero-order chi connectivity index (χ0) is 11.5. The molecule has 0 aliphatic carbocycles. The number of carboxylic acids is 1. The van der Waals surface area contributed by atoms with Gasteiger partial charge in [-0.2, -0.15) is 0 Å². The molecule has 0 saturated heterocycles. The van der Waals surface area contributed by atoms with Gasteiger partial charge in [-0.1, -0.05) is 12.1 Å². The van der Waals surface area contributed by atoms with Gasteiger partial charge in [-0.05, 0) is 34.7 Å². The number of rotatable bonds is 3. The molecular formula is C12H9O3S-. The zero-order valence-corrected chi connectivity index (χ0v) is 9.41. The van der Waals surface area contributed by atoms with E-state index in [0.29, 0.717) is 0 Å². The van der Waals surface area contributed by atoms with Crippen molar-refractivity contribution in [3.63, 3.8) is 0 Å².